The Bertz CT molecular complexity index is 947. The minimum Gasteiger partial charge on any atom is -0.423 e. The van der Waals surface area contributed by atoms with Gasteiger partial charge in [0.15, 0.2) is 0 Å². The van der Waals surface area contributed by atoms with E-state index in [1.54, 1.807) is 6.07 Å². The third kappa shape index (κ3) is 1.97. The Balaban J connectivity index is 2.13. The Morgan fingerprint density at radius 1 is 0.913 bits per heavy atom. The molecule has 0 radical (unpaired) electrons. The predicted molar refractivity (Wildman–Crippen MR) is 96.3 cm³/mol. The fraction of sp³-hybridized carbons (Fsp3) is 0.158. The molecule has 114 valence electrons. The van der Waals surface area contributed by atoms with E-state index in [9.17, 15) is 10.0 Å². The van der Waals surface area contributed by atoms with Gasteiger partial charge in [0.1, 0.15) is 0 Å². The summed E-state index contributed by atoms with van der Waals surface area (Å²) < 4.78 is 0. The summed E-state index contributed by atoms with van der Waals surface area (Å²) in [5.41, 5.74) is 4.90. The van der Waals surface area contributed by atoms with Gasteiger partial charge in [0, 0.05) is 15.8 Å². The average molecular weight is 323 g/mol. The third-order valence-corrected chi connectivity index (χ3v) is 5.26. The largest absolute Gasteiger partial charge is 0.488 e. The molecular formula is C19H16BClO2. The summed E-state index contributed by atoms with van der Waals surface area (Å²) in [7, 11) is -1.46. The van der Waals surface area contributed by atoms with Crippen LogP contribution in [0.25, 0.3) is 21.9 Å². The van der Waals surface area contributed by atoms with Gasteiger partial charge in [-0.25, -0.2) is 0 Å². The van der Waals surface area contributed by atoms with Crippen molar-refractivity contribution >= 4 is 35.0 Å². The van der Waals surface area contributed by atoms with Gasteiger partial charge in [-0.3, -0.25) is 0 Å². The Kier molecular flexibility index (Phi) is 3.11. The zero-order valence-corrected chi connectivity index (χ0v) is 13.7. The summed E-state index contributed by atoms with van der Waals surface area (Å²) in [5, 5.41) is 21.9. The van der Waals surface area contributed by atoms with Gasteiger partial charge < -0.3 is 10.0 Å². The van der Waals surface area contributed by atoms with Crippen molar-refractivity contribution in [2.45, 2.75) is 19.3 Å². The van der Waals surface area contributed by atoms with E-state index in [0.29, 0.717) is 5.46 Å². The molecule has 0 saturated carbocycles. The zero-order valence-electron chi connectivity index (χ0n) is 13.0. The van der Waals surface area contributed by atoms with Crippen LogP contribution in [-0.2, 0) is 5.41 Å². The zero-order chi connectivity index (χ0) is 16.4. The predicted octanol–water partition coefficient (Wildman–Crippen LogP) is 3.48. The molecule has 0 aliphatic heterocycles. The van der Waals surface area contributed by atoms with Crippen LogP contribution in [0.15, 0.2) is 48.5 Å². The first-order chi connectivity index (χ1) is 10.9. The van der Waals surface area contributed by atoms with Crippen LogP contribution in [0.3, 0.4) is 0 Å². The molecule has 1 aliphatic rings. The third-order valence-electron chi connectivity index (χ3n) is 4.95. The molecule has 3 aromatic rings. The standard InChI is InChI=1S/C19H16BClO2/c1-19(2)15-9-11(20(22)23)7-8-14(15)18-13-6-4-3-5-12(13)17(21)10-16(18)19/h3-10,22-23H,1-2H3. The molecule has 0 heterocycles. The summed E-state index contributed by atoms with van der Waals surface area (Å²) in [6.07, 6.45) is 0. The van der Waals surface area contributed by atoms with Crippen LogP contribution in [0, 0.1) is 0 Å². The van der Waals surface area contributed by atoms with Crippen LogP contribution in [0.5, 0.6) is 0 Å². The molecule has 4 heteroatoms. The Morgan fingerprint density at radius 3 is 2.30 bits per heavy atom. The van der Waals surface area contributed by atoms with Crippen molar-refractivity contribution in [1.82, 2.24) is 0 Å². The van der Waals surface area contributed by atoms with Crippen molar-refractivity contribution in [3.05, 3.63) is 64.7 Å². The second-order valence-corrected chi connectivity index (χ2v) is 7.04. The maximum Gasteiger partial charge on any atom is 0.488 e. The number of halogens is 1. The molecule has 0 spiro atoms. The molecule has 0 bridgehead atoms. The highest BCUT2D eigenvalue weighted by molar-refractivity contribution is 6.58. The summed E-state index contributed by atoms with van der Waals surface area (Å²) in [5.74, 6) is 0. The number of rotatable bonds is 1. The van der Waals surface area contributed by atoms with Crippen molar-refractivity contribution in [2.75, 3.05) is 0 Å². The van der Waals surface area contributed by atoms with Gasteiger partial charge in [0.25, 0.3) is 0 Å². The van der Waals surface area contributed by atoms with Gasteiger partial charge in [-0.05, 0) is 39.2 Å². The fourth-order valence-corrected chi connectivity index (χ4v) is 3.99. The number of hydrogen-bond acceptors (Lipinski definition) is 2. The highest BCUT2D eigenvalue weighted by Crippen LogP contribution is 2.52. The molecule has 1 aliphatic carbocycles. The van der Waals surface area contributed by atoms with Crippen LogP contribution in [-0.4, -0.2) is 17.2 Å². The molecule has 0 unspecified atom stereocenters. The van der Waals surface area contributed by atoms with Crippen LogP contribution in [0.2, 0.25) is 5.02 Å². The summed E-state index contributed by atoms with van der Waals surface area (Å²) in [6.45, 7) is 4.30. The lowest BCUT2D eigenvalue weighted by atomic mass is 9.75. The Labute approximate surface area is 140 Å². The maximum absolute atomic E-state index is 9.49. The smallest absolute Gasteiger partial charge is 0.423 e. The van der Waals surface area contributed by atoms with E-state index >= 15 is 0 Å². The number of hydrogen-bond donors (Lipinski definition) is 2. The summed E-state index contributed by atoms with van der Waals surface area (Å²) in [4.78, 5) is 0. The van der Waals surface area contributed by atoms with E-state index in [1.807, 2.05) is 36.4 Å². The Morgan fingerprint density at radius 2 is 1.61 bits per heavy atom. The first-order valence-corrected chi connectivity index (χ1v) is 8.01. The van der Waals surface area contributed by atoms with Gasteiger partial charge in [-0.15, -0.1) is 0 Å². The second-order valence-electron chi connectivity index (χ2n) is 6.63. The molecule has 0 aromatic heterocycles. The van der Waals surface area contributed by atoms with Crippen LogP contribution < -0.4 is 5.46 Å². The van der Waals surface area contributed by atoms with Crippen molar-refractivity contribution in [3.8, 4) is 11.1 Å². The lowest BCUT2D eigenvalue weighted by Crippen LogP contribution is -2.31. The molecular weight excluding hydrogens is 306 g/mol. The lowest BCUT2D eigenvalue weighted by Gasteiger charge is -2.22. The number of fused-ring (bicyclic) bond motifs is 5. The van der Waals surface area contributed by atoms with Crippen LogP contribution in [0.4, 0.5) is 0 Å². The molecule has 0 amide bonds. The van der Waals surface area contributed by atoms with Crippen molar-refractivity contribution in [1.29, 1.82) is 0 Å². The average Bonchev–Trinajstić information content (AvgIpc) is 2.75. The van der Waals surface area contributed by atoms with Crippen molar-refractivity contribution < 1.29 is 10.0 Å². The first kappa shape index (κ1) is 14.8. The molecule has 3 aromatic carbocycles. The Hall–Kier alpha value is -1.81. The van der Waals surface area contributed by atoms with Gasteiger partial charge in [0.2, 0.25) is 0 Å². The monoisotopic (exact) mass is 322 g/mol. The molecule has 0 fully saturated rings. The van der Waals surface area contributed by atoms with E-state index in [2.05, 4.69) is 19.9 Å². The van der Waals surface area contributed by atoms with E-state index in [-0.39, 0.29) is 5.41 Å². The van der Waals surface area contributed by atoms with Crippen molar-refractivity contribution in [3.63, 3.8) is 0 Å². The minimum absolute atomic E-state index is 0.233. The highest BCUT2D eigenvalue weighted by Gasteiger charge is 2.37. The normalized spacial score (nSPS) is 14.7. The molecule has 4 rings (SSSR count). The lowest BCUT2D eigenvalue weighted by molar-refractivity contribution is 0.425. The molecule has 2 nitrogen and oxygen atoms in total. The van der Waals surface area contributed by atoms with E-state index in [0.717, 1.165) is 26.9 Å². The summed E-state index contributed by atoms with van der Waals surface area (Å²) in [6, 6.07) is 15.9. The first-order valence-electron chi connectivity index (χ1n) is 7.64. The van der Waals surface area contributed by atoms with E-state index < -0.39 is 7.12 Å². The van der Waals surface area contributed by atoms with Crippen molar-refractivity contribution in [2.24, 2.45) is 0 Å². The molecule has 2 N–H and O–H groups in total. The molecule has 0 saturated heterocycles. The summed E-state index contributed by atoms with van der Waals surface area (Å²) >= 11 is 6.51. The SMILES string of the molecule is CC1(C)c2cc(B(O)O)ccc2-c2c1cc(Cl)c1ccccc21. The van der Waals surface area contributed by atoms with Crippen LogP contribution in [0.1, 0.15) is 25.0 Å². The second kappa shape index (κ2) is 4.84. The van der Waals surface area contributed by atoms with Gasteiger partial charge >= 0.3 is 7.12 Å². The molecule has 0 atom stereocenters. The van der Waals surface area contributed by atoms with Crippen LogP contribution >= 0.6 is 11.6 Å². The minimum atomic E-state index is -1.46. The van der Waals surface area contributed by atoms with Gasteiger partial charge in [0.05, 0.1) is 0 Å². The quantitative estimate of drug-likeness (QED) is 0.673. The molecule has 23 heavy (non-hydrogen) atoms. The number of benzene rings is 3. The van der Waals surface area contributed by atoms with E-state index in [1.165, 1.54) is 11.1 Å². The van der Waals surface area contributed by atoms with E-state index in [4.69, 9.17) is 11.6 Å². The highest BCUT2D eigenvalue weighted by atomic mass is 35.5. The van der Waals surface area contributed by atoms with Gasteiger partial charge in [-0.1, -0.05) is 67.9 Å². The van der Waals surface area contributed by atoms with Gasteiger partial charge in [-0.2, -0.15) is 0 Å². The topological polar surface area (TPSA) is 40.5 Å². The fourth-order valence-electron chi connectivity index (χ4n) is 3.72. The maximum atomic E-state index is 9.49.